The van der Waals surface area contributed by atoms with Crippen LogP contribution in [0.2, 0.25) is 0 Å². The smallest absolute Gasteiger partial charge is 0.0379 e. The SMILES string of the molecule is C(=C\C=C\Nc1ccccc1)/C=C/Nc1ccccc1. The summed E-state index contributed by atoms with van der Waals surface area (Å²) in [5.74, 6) is 0. The Labute approximate surface area is 120 Å². The molecule has 0 fully saturated rings. The van der Waals surface area contributed by atoms with Gasteiger partial charge < -0.3 is 10.6 Å². The van der Waals surface area contributed by atoms with E-state index in [-0.39, 0.29) is 0 Å². The van der Waals surface area contributed by atoms with E-state index < -0.39 is 0 Å². The second-order valence-corrected chi connectivity index (χ2v) is 4.12. The monoisotopic (exact) mass is 262 g/mol. The maximum atomic E-state index is 3.19. The number of hydrogen-bond donors (Lipinski definition) is 2. The third-order valence-corrected chi connectivity index (χ3v) is 2.57. The van der Waals surface area contributed by atoms with E-state index in [2.05, 4.69) is 10.6 Å². The van der Waals surface area contributed by atoms with Crippen molar-refractivity contribution in [2.24, 2.45) is 0 Å². The summed E-state index contributed by atoms with van der Waals surface area (Å²) >= 11 is 0. The van der Waals surface area contributed by atoms with Gasteiger partial charge in [0.05, 0.1) is 0 Å². The number of rotatable bonds is 6. The van der Waals surface area contributed by atoms with Gasteiger partial charge in [-0.25, -0.2) is 0 Å². The highest BCUT2D eigenvalue weighted by Gasteiger charge is 1.82. The van der Waals surface area contributed by atoms with Crippen molar-refractivity contribution in [2.45, 2.75) is 0 Å². The van der Waals surface area contributed by atoms with E-state index in [0.29, 0.717) is 0 Å². The molecule has 0 saturated carbocycles. The highest BCUT2D eigenvalue weighted by molar-refractivity contribution is 5.46. The number of nitrogens with one attached hydrogen (secondary N) is 2. The zero-order chi connectivity index (χ0) is 13.9. The molecular weight excluding hydrogens is 244 g/mol. The second-order valence-electron chi connectivity index (χ2n) is 4.12. The Morgan fingerprint density at radius 3 is 1.30 bits per heavy atom. The van der Waals surface area contributed by atoms with Crippen LogP contribution >= 0.6 is 0 Å². The average Bonchev–Trinajstić information content (AvgIpc) is 2.52. The Bertz CT molecular complexity index is 515. The first kappa shape index (κ1) is 13.7. The fourth-order valence-electron chi connectivity index (χ4n) is 1.60. The summed E-state index contributed by atoms with van der Waals surface area (Å²) in [5.41, 5.74) is 2.16. The van der Waals surface area contributed by atoms with E-state index in [1.165, 1.54) is 0 Å². The summed E-state index contributed by atoms with van der Waals surface area (Å²) < 4.78 is 0. The van der Waals surface area contributed by atoms with Crippen molar-refractivity contribution in [3.8, 4) is 0 Å². The molecule has 0 amide bonds. The molecule has 0 radical (unpaired) electrons. The first-order chi connectivity index (χ1) is 9.95. The van der Waals surface area contributed by atoms with Gasteiger partial charge in [-0.05, 0) is 36.4 Å². The van der Waals surface area contributed by atoms with Crippen LogP contribution in [0, 0.1) is 0 Å². The van der Waals surface area contributed by atoms with E-state index in [0.717, 1.165) is 11.4 Å². The molecule has 2 nitrogen and oxygen atoms in total. The number of hydrogen-bond acceptors (Lipinski definition) is 2. The Morgan fingerprint density at radius 2 is 0.900 bits per heavy atom. The molecule has 0 atom stereocenters. The molecule has 100 valence electrons. The second kappa shape index (κ2) is 8.38. The fourth-order valence-corrected chi connectivity index (χ4v) is 1.60. The van der Waals surface area contributed by atoms with E-state index in [4.69, 9.17) is 0 Å². The standard InChI is InChI=1S/C18H18N2/c1(9-15-19-17-11-5-3-6-12-17)2-10-16-20-18-13-7-4-8-14-18/h1-16,19-20H/b2-1+,15-9+,16-10+. The van der Waals surface area contributed by atoms with E-state index >= 15 is 0 Å². The Hall–Kier alpha value is -2.74. The maximum Gasteiger partial charge on any atom is 0.0379 e. The van der Waals surface area contributed by atoms with Crippen LogP contribution in [0.3, 0.4) is 0 Å². The number of benzene rings is 2. The van der Waals surface area contributed by atoms with Gasteiger partial charge in [-0.3, -0.25) is 0 Å². The van der Waals surface area contributed by atoms with Gasteiger partial charge in [-0.15, -0.1) is 0 Å². The number of allylic oxidation sites excluding steroid dienone is 4. The molecule has 0 aromatic heterocycles. The third-order valence-electron chi connectivity index (χ3n) is 2.57. The van der Waals surface area contributed by atoms with E-state index in [1.807, 2.05) is 97.4 Å². The predicted molar refractivity (Wildman–Crippen MR) is 87.5 cm³/mol. The van der Waals surface area contributed by atoms with Crippen LogP contribution in [0.1, 0.15) is 0 Å². The van der Waals surface area contributed by atoms with Crippen LogP contribution in [-0.2, 0) is 0 Å². The van der Waals surface area contributed by atoms with Crippen molar-refractivity contribution in [3.05, 3.63) is 97.4 Å². The van der Waals surface area contributed by atoms with Crippen molar-refractivity contribution in [1.29, 1.82) is 0 Å². The molecule has 0 aliphatic rings. The molecule has 0 unspecified atom stereocenters. The lowest BCUT2D eigenvalue weighted by Crippen LogP contribution is -1.85. The molecule has 0 spiro atoms. The first-order valence-electron chi connectivity index (χ1n) is 6.57. The van der Waals surface area contributed by atoms with E-state index in [1.54, 1.807) is 0 Å². The molecular formula is C18H18N2. The molecule has 2 aromatic carbocycles. The predicted octanol–water partition coefficient (Wildman–Crippen LogP) is 4.79. The molecule has 2 heteroatoms. The number of anilines is 2. The van der Waals surface area contributed by atoms with Gasteiger partial charge in [0, 0.05) is 23.8 Å². The van der Waals surface area contributed by atoms with Crippen LogP contribution in [0.15, 0.2) is 97.4 Å². The molecule has 0 saturated heterocycles. The normalized spacial score (nSPS) is 11.4. The van der Waals surface area contributed by atoms with Gasteiger partial charge in [0.2, 0.25) is 0 Å². The molecule has 0 bridgehead atoms. The highest BCUT2D eigenvalue weighted by atomic mass is 14.8. The van der Waals surface area contributed by atoms with Gasteiger partial charge in [0.1, 0.15) is 0 Å². The maximum absolute atomic E-state index is 3.19. The molecule has 20 heavy (non-hydrogen) atoms. The first-order valence-corrected chi connectivity index (χ1v) is 6.57. The van der Waals surface area contributed by atoms with Gasteiger partial charge in [0.25, 0.3) is 0 Å². The molecule has 0 aliphatic heterocycles. The minimum Gasteiger partial charge on any atom is -0.362 e. The summed E-state index contributed by atoms with van der Waals surface area (Å²) in [6.07, 6.45) is 11.7. The lowest BCUT2D eigenvalue weighted by atomic mass is 10.3. The van der Waals surface area contributed by atoms with Crippen LogP contribution in [0.5, 0.6) is 0 Å². The van der Waals surface area contributed by atoms with Crippen molar-refractivity contribution < 1.29 is 0 Å². The molecule has 0 heterocycles. The molecule has 2 rings (SSSR count). The summed E-state index contributed by atoms with van der Waals surface area (Å²) in [5, 5.41) is 6.38. The minimum absolute atomic E-state index is 1.08. The van der Waals surface area contributed by atoms with Gasteiger partial charge in [0.15, 0.2) is 0 Å². The summed E-state index contributed by atoms with van der Waals surface area (Å²) in [6, 6.07) is 20.1. The quantitative estimate of drug-likeness (QED) is 0.731. The molecule has 0 aliphatic carbocycles. The minimum atomic E-state index is 1.08. The third kappa shape index (κ3) is 5.27. The van der Waals surface area contributed by atoms with E-state index in [9.17, 15) is 0 Å². The molecule has 2 N–H and O–H groups in total. The summed E-state index contributed by atoms with van der Waals surface area (Å²) in [7, 11) is 0. The van der Waals surface area contributed by atoms with Gasteiger partial charge in [-0.1, -0.05) is 48.6 Å². The van der Waals surface area contributed by atoms with Crippen molar-refractivity contribution in [3.63, 3.8) is 0 Å². The van der Waals surface area contributed by atoms with Crippen LogP contribution in [0.4, 0.5) is 11.4 Å². The molecule has 2 aromatic rings. The van der Waals surface area contributed by atoms with Crippen molar-refractivity contribution in [1.82, 2.24) is 0 Å². The van der Waals surface area contributed by atoms with Crippen LogP contribution < -0.4 is 10.6 Å². The lowest BCUT2D eigenvalue weighted by molar-refractivity contribution is 1.57. The summed E-state index contributed by atoms with van der Waals surface area (Å²) in [6.45, 7) is 0. The Kier molecular flexibility index (Phi) is 5.73. The topological polar surface area (TPSA) is 24.1 Å². The zero-order valence-corrected chi connectivity index (χ0v) is 11.2. The zero-order valence-electron chi connectivity index (χ0n) is 11.2. The van der Waals surface area contributed by atoms with Crippen LogP contribution in [0.25, 0.3) is 0 Å². The van der Waals surface area contributed by atoms with Gasteiger partial charge >= 0.3 is 0 Å². The van der Waals surface area contributed by atoms with Crippen molar-refractivity contribution >= 4 is 11.4 Å². The van der Waals surface area contributed by atoms with Crippen molar-refractivity contribution in [2.75, 3.05) is 10.6 Å². The van der Waals surface area contributed by atoms with Gasteiger partial charge in [-0.2, -0.15) is 0 Å². The largest absolute Gasteiger partial charge is 0.362 e. The summed E-state index contributed by atoms with van der Waals surface area (Å²) in [4.78, 5) is 0. The van der Waals surface area contributed by atoms with Crippen LogP contribution in [-0.4, -0.2) is 0 Å². The fraction of sp³-hybridized carbons (Fsp3) is 0. The Balaban J connectivity index is 1.69. The number of para-hydroxylation sites is 2. The Morgan fingerprint density at radius 1 is 0.500 bits per heavy atom. The average molecular weight is 262 g/mol. The lowest BCUT2D eigenvalue weighted by Gasteiger charge is -1.97. The highest BCUT2D eigenvalue weighted by Crippen LogP contribution is 2.05.